The fourth-order valence-corrected chi connectivity index (χ4v) is 1.23. The Hall–Kier alpha value is -1.85. The Balaban J connectivity index is 3.05. The maximum absolute atomic E-state index is 11.9. The number of nitrogens with zero attached hydrogens (tertiary/aromatic N) is 2. The van der Waals surface area contributed by atoms with Crippen LogP contribution in [0.1, 0.15) is 20.8 Å². The highest BCUT2D eigenvalue weighted by atomic mass is 16.1. The van der Waals surface area contributed by atoms with E-state index in [1.807, 2.05) is 20.8 Å². The summed E-state index contributed by atoms with van der Waals surface area (Å²) in [5, 5.41) is 2.61. The summed E-state index contributed by atoms with van der Waals surface area (Å²) in [7, 11) is 0. The number of aromatic nitrogens is 2. The van der Waals surface area contributed by atoms with E-state index in [1.165, 1.54) is 6.20 Å². The van der Waals surface area contributed by atoms with Gasteiger partial charge in [-0.05, 0) is 20.8 Å². The number of carbonyl (C=O) groups is 1. The molecular weight excluding hydrogens is 208 g/mol. The Kier molecular flexibility index (Phi) is 3.31. The minimum atomic E-state index is -0.535. The van der Waals surface area contributed by atoms with Gasteiger partial charge in [-0.1, -0.05) is 0 Å². The van der Waals surface area contributed by atoms with Crippen molar-refractivity contribution in [2.45, 2.75) is 26.3 Å². The third-order valence-electron chi connectivity index (χ3n) is 1.99. The first-order valence-corrected chi connectivity index (χ1v) is 4.92. The average molecular weight is 224 g/mol. The van der Waals surface area contributed by atoms with E-state index in [-0.39, 0.29) is 23.5 Å². The van der Waals surface area contributed by atoms with Crippen molar-refractivity contribution in [3.8, 4) is 0 Å². The fourth-order valence-electron chi connectivity index (χ4n) is 1.23. The first-order valence-electron chi connectivity index (χ1n) is 4.92. The first-order chi connectivity index (χ1) is 7.32. The van der Waals surface area contributed by atoms with E-state index in [0.717, 1.165) is 0 Å². The zero-order valence-electron chi connectivity index (χ0n) is 9.65. The topological polar surface area (TPSA) is 90.0 Å². The summed E-state index contributed by atoms with van der Waals surface area (Å²) >= 11 is 0. The molecule has 1 aromatic rings. The quantitative estimate of drug-likeness (QED) is 0.750. The number of hydrogen-bond acceptors (Lipinski definition) is 4. The molecule has 1 rings (SSSR count). The van der Waals surface area contributed by atoms with Crippen molar-refractivity contribution in [1.29, 1.82) is 0 Å². The van der Waals surface area contributed by atoms with E-state index in [2.05, 4.69) is 10.3 Å². The SMILES string of the molecule is CC(C)(C)n1ccnc(NCC(N)=O)c1=O. The van der Waals surface area contributed by atoms with E-state index in [9.17, 15) is 9.59 Å². The second kappa shape index (κ2) is 4.34. The van der Waals surface area contributed by atoms with E-state index >= 15 is 0 Å². The molecule has 1 aromatic heterocycles. The van der Waals surface area contributed by atoms with Crippen LogP contribution in [0.3, 0.4) is 0 Å². The van der Waals surface area contributed by atoms with Gasteiger partial charge >= 0.3 is 0 Å². The number of rotatable bonds is 3. The molecule has 88 valence electrons. The second-order valence-electron chi connectivity index (χ2n) is 4.44. The summed E-state index contributed by atoms with van der Waals surface area (Å²) in [4.78, 5) is 26.4. The van der Waals surface area contributed by atoms with Crippen molar-refractivity contribution in [3.05, 3.63) is 22.7 Å². The number of anilines is 1. The Morgan fingerprint density at radius 2 is 2.19 bits per heavy atom. The zero-order chi connectivity index (χ0) is 12.3. The normalized spacial score (nSPS) is 11.2. The van der Waals surface area contributed by atoms with Crippen LogP contribution in [0, 0.1) is 0 Å². The van der Waals surface area contributed by atoms with Crippen LogP contribution in [0.5, 0.6) is 0 Å². The number of carbonyl (C=O) groups excluding carboxylic acids is 1. The highest BCUT2D eigenvalue weighted by Crippen LogP contribution is 2.10. The summed E-state index contributed by atoms with van der Waals surface area (Å²) < 4.78 is 1.54. The molecule has 0 radical (unpaired) electrons. The van der Waals surface area contributed by atoms with Crippen LogP contribution in [0.2, 0.25) is 0 Å². The molecule has 1 heterocycles. The van der Waals surface area contributed by atoms with E-state index in [0.29, 0.717) is 0 Å². The summed E-state index contributed by atoms with van der Waals surface area (Å²) in [5.74, 6) is -0.399. The van der Waals surface area contributed by atoms with Crippen molar-refractivity contribution < 1.29 is 4.79 Å². The molecule has 0 atom stereocenters. The van der Waals surface area contributed by atoms with Crippen molar-refractivity contribution in [2.75, 3.05) is 11.9 Å². The lowest BCUT2D eigenvalue weighted by Gasteiger charge is -2.22. The zero-order valence-corrected chi connectivity index (χ0v) is 9.65. The van der Waals surface area contributed by atoms with Gasteiger partial charge in [-0.25, -0.2) is 4.98 Å². The molecule has 0 aromatic carbocycles. The van der Waals surface area contributed by atoms with Crippen LogP contribution in [-0.2, 0) is 10.3 Å². The molecule has 0 fully saturated rings. The van der Waals surface area contributed by atoms with Gasteiger partial charge in [0, 0.05) is 17.9 Å². The Bertz CT molecular complexity index is 445. The molecule has 0 aliphatic carbocycles. The van der Waals surface area contributed by atoms with Gasteiger partial charge in [0.2, 0.25) is 5.91 Å². The Labute approximate surface area is 93.5 Å². The van der Waals surface area contributed by atoms with Crippen molar-refractivity contribution in [3.63, 3.8) is 0 Å². The maximum atomic E-state index is 11.9. The maximum Gasteiger partial charge on any atom is 0.293 e. The highest BCUT2D eigenvalue weighted by Gasteiger charge is 2.16. The number of primary amides is 1. The van der Waals surface area contributed by atoms with Crippen LogP contribution in [-0.4, -0.2) is 22.0 Å². The number of hydrogen-bond donors (Lipinski definition) is 2. The summed E-state index contributed by atoms with van der Waals surface area (Å²) in [6, 6.07) is 0. The van der Waals surface area contributed by atoms with Gasteiger partial charge in [-0.2, -0.15) is 0 Å². The predicted molar refractivity (Wildman–Crippen MR) is 61.2 cm³/mol. The predicted octanol–water partition coefficient (Wildman–Crippen LogP) is -0.105. The van der Waals surface area contributed by atoms with Crippen LogP contribution < -0.4 is 16.6 Å². The molecule has 0 bridgehead atoms. The number of nitrogens with one attached hydrogen (secondary N) is 1. The van der Waals surface area contributed by atoms with E-state index in [4.69, 9.17) is 5.73 Å². The van der Waals surface area contributed by atoms with Crippen LogP contribution >= 0.6 is 0 Å². The Morgan fingerprint density at radius 3 is 2.69 bits per heavy atom. The molecule has 0 aliphatic heterocycles. The van der Waals surface area contributed by atoms with Crippen molar-refractivity contribution >= 4 is 11.7 Å². The lowest BCUT2D eigenvalue weighted by molar-refractivity contribution is -0.116. The summed E-state index contributed by atoms with van der Waals surface area (Å²) in [6.07, 6.45) is 3.12. The first kappa shape index (κ1) is 12.2. The van der Waals surface area contributed by atoms with Crippen LogP contribution in [0.4, 0.5) is 5.82 Å². The van der Waals surface area contributed by atoms with Gasteiger partial charge in [-0.15, -0.1) is 0 Å². The molecule has 0 unspecified atom stereocenters. The smallest absolute Gasteiger partial charge is 0.293 e. The standard InChI is InChI=1S/C10H16N4O2/c1-10(2,3)14-5-4-12-8(9(14)16)13-6-7(11)15/h4-5H,6H2,1-3H3,(H2,11,15)(H,12,13). The average Bonchev–Trinajstić information content (AvgIpc) is 2.14. The van der Waals surface area contributed by atoms with Gasteiger partial charge in [0.25, 0.3) is 5.56 Å². The third-order valence-corrected chi connectivity index (χ3v) is 1.99. The minimum absolute atomic E-state index is 0.101. The highest BCUT2D eigenvalue weighted by molar-refractivity contribution is 5.78. The second-order valence-corrected chi connectivity index (χ2v) is 4.44. The molecule has 3 N–H and O–H groups in total. The Morgan fingerprint density at radius 1 is 1.56 bits per heavy atom. The molecule has 0 saturated carbocycles. The molecule has 1 amide bonds. The van der Waals surface area contributed by atoms with Crippen LogP contribution in [0.25, 0.3) is 0 Å². The van der Waals surface area contributed by atoms with Gasteiger partial charge in [-0.3, -0.25) is 9.59 Å². The number of nitrogens with two attached hydrogens (primary N) is 1. The van der Waals surface area contributed by atoms with Gasteiger partial charge in [0.1, 0.15) is 0 Å². The summed E-state index contributed by atoms with van der Waals surface area (Å²) in [5.41, 5.74) is 4.38. The van der Waals surface area contributed by atoms with Crippen molar-refractivity contribution in [2.24, 2.45) is 5.73 Å². The molecule has 6 heteroatoms. The third kappa shape index (κ3) is 2.82. The molecule has 0 saturated heterocycles. The largest absolute Gasteiger partial charge is 0.368 e. The molecule has 6 nitrogen and oxygen atoms in total. The van der Waals surface area contributed by atoms with Gasteiger partial charge in [0.15, 0.2) is 5.82 Å². The fraction of sp³-hybridized carbons (Fsp3) is 0.500. The van der Waals surface area contributed by atoms with Gasteiger partial charge in [0.05, 0.1) is 6.54 Å². The lowest BCUT2D eigenvalue weighted by atomic mass is 10.1. The van der Waals surface area contributed by atoms with Crippen molar-refractivity contribution in [1.82, 2.24) is 9.55 Å². The molecule has 0 spiro atoms. The van der Waals surface area contributed by atoms with E-state index in [1.54, 1.807) is 10.8 Å². The summed E-state index contributed by atoms with van der Waals surface area (Å²) in [6.45, 7) is 5.63. The van der Waals surface area contributed by atoms with E-state index < -0.39 is 5.91 Å². The molecule has 16 heavy (non-hydrogen) atoms. The minimum Gasteiger partial charge on any atom is -0.368 e. The lowest BCUT2D eigenvalue weighted by Crippen LogP contribution is -2.36. The number of amides is 1. The van der Waals surface area contributed by atoms with Crippen LogP contribution in [0.15, 0.2) is 17.2 Å². The monoisotopic (exact) mass is 224 g/mol. The molecular formula is C10H16N4O2. The van der Waals surface area contributed by atoms with Gasteiger partial charge < -0.3 is 15.6 Å². The molecule has 0 aliphatic rings.